The van der Waals surface area contributed by atoms with Crippen molar-refractivity contribution in [2.24, 2.45) is 7.05 Å². The summed E-state index contributed by atoms with van der Waals surface area (Å²) in [5.41, 5.74) is 3.10. The Morgan fingerprint density at radius 1 is 1.10 bits per heavy atom. The molecule has 2 aromatic carbocycles. The zero-order valence-corrected chi connectivity index (χ0v) is 17.7. The van der Waals surface area contributed by atoms with E-state index >= 15 is 0 Å². The van der Waals surface area contributed by atoms with E-state index in [0.29, 0.717) is 16.9 Å². The highest BCUT2D eigenvalue weighted by molar-refractivity contribution is 7.92. The van der Waals surface area contributed by atoms with Gasteiger partial charge in [-0.3, -0.25) is 14.2 Å². The summed E-state index contributed by atoms with van der Waals surface area (Å²) in [6.07, 6.45) is 0. The van der Waals surface area contributed by atoms with E-state index < -0.39 is 10.0 Å². The molecule has 0 aliphatic heterocycles. The smallest absolute Gasteiger partial charge is 0.275 e. The van der Waals surface area contributed by atoms with Gasteiger partial charge in [-0.1, -0.05) is 26.0 Å². The molecular weight excluding hydrogens is 390 g/mol. The normalized spacial score (nSPS) is 11.8. The monoisotopic (exact) mass is 415 g/mol. The van der Waals surface area contributed by atoms with Crippen LogP contribution in [0.5, 0.6) is 0 Å². The van der Waals surface area contributed by atoms with Crippen LogP contribution in [0.4, 0.5) is 5.69 Å². The van der Waals surface area contributed by atoms with Gasteiger partial charge in [-0.15, -0.1) is 0 Å². The molecule has 0 aliphatic carbocycles. The number of hydrogen-bond donors (Lipinski definition) is 2. The van der Waals surface area contributed by atoms with Crippen molar-refractivity contribution in [3.8, 4) is 5.69 Å². The zero-order valence-electron chi connectivity index (χ0n) is 16.9. The van der Waals surface area contributed by atoms with Crippen molar-refractivity contribution in [1.82, 2.24) is 9.36 Å². The van der Waals surface area contributed by atoms with Gasteiger partial charge in [-0.25, -0.2) is 13.1 Å². The molecule has 3 rings (SSSR count). The van der Waals surface area contributed by atoms with Gasteiger partial charge in [0.15, 0.2) is 0 Å². The van der Waals surface area contributed by atoms with Crippen LogP contribution in [0.3, 0.4) is 0 Å². The van der Waals surface area contributed by atoms with E-state index in [9.17, 15) is 18.3 Å². The number of aromatic nitrogens is 2. The molecule has 29 heavy (non-hydrogen) atoms. The van der Waals surface area contributed by atoms with Crippen LogP contribution in [-0.4, -0.2) is 22.9 Å². The predicted molar refractivity (Wildman–Crippen MR) is 113 cm³/mol. The van der Waals surface area contributed by atoms with Crippen molar-refractivity contribution in [3.63, 3.8) is 0 Å². The lowest BCUT2D eigenvalue weighted by atomic mass is 10.0. The first kappa shape index (κ1) is 20.9. The highest BCUT2D eigenvalue weighted by Crippen LogP contribution is 2.21. The summed E-state index contributed by atoms with van der Waals surface area (Å²) in [7, 11) is -1.99. The van der Waals surface area contributed by atoms with Gasteiger partial charge in [0, 0.05) is 24.0 Å². The second kappa shape index (κ2) is 7.88. The van der Waals surface area contributed by atoms with Crippen LogP contribution < -0.4 is 10.3 Å². The molecule has 0 saturated carbocycles. The molecule has 0 atom stereocenters. The van der Waals surface area contributed by atoms with Crippen LogP contribution in [0.25, 0.3) is 5.69 Å². The van der Waals surface area contributed by atoms with E-state index in [1.165, 1.54) is 12.1 Å². The van der Waals surface area contributed by atoms with Crippen LogP contribution in [0.1, 0.15) is 36.6 Å². The molecule has 3 aromatic rings. The van der Waals surface area contributed by atoms with Crippen molar-refractivity contribution >= 4 is 15.7 Å². The molecule has 1 aromatic heterocycles. The van der Waals surface area contributed by atoms with Gasteiger partial charge in [0.1, 0.15) is 0 Å². The molecule has 2 N–H and O–H groups in total. The third kappa shape index (κ3) is 3.99. The Kier molecular flexibility index (Phi) is 5.68. The molecule has 0 fully saturated rings. The van der Waals surface area contributed by atoms with Crippen molar-refractivity contribution in [1.29, 1.82) is 0 Å². The lowest BCUT2D eigenvalue weighted by molar-refractivity contribution is 0.282. The fourth-order valence-electron chi connectivity index (χ4n) is 3.40. The summed E-state index contributed by atoms with van der Waals surface area (Å²) in [5.74, 6) is 0.0912. The molecular formula is C21H25N3O4S. The number of anilines is 1. The maximum Gasteiger partial charge on any atom is 0.275 e. The van der Waals surface area contributed by atoms with Crippen molar-refractivity contribution in [3.05, 3.63) is 75.7 Å². The van der Waals surface area contributed by atoms with Gasteiger partial charge >= 0.3 is 0 Å². The lowest BCUT2D eigenvalue weighted by Crippen LogP contribution is -2.21. The van der Waals surface area contributed by atoms with E-state index in [1.807, 2.05) is 27.8 Å². The molecule has 0 aliphatic rings. The van der Waals surface area contributed by atoms with E-state index in [-0.39, 0.29) is 23.0 Å². The molecule has 0 unspecified atom stereocenters. The lowest BCUT2D eigenvalue weighted by Gasteiger charge is -2.11. The van der Waals surface area contributed by atoms with Gasteiger partial charge < -0.3 is 5.11 Å². The Bertz CT molecular complexity index is 1190. The Hall–Kier alpha value is -2.84. The summed E-state index contributed by atoms with van der Waals surface area (Å²) in [6, 6.07) is 12.7. The second-order valence-electron chi connectivity index (χ2n) is 7.25. The third-order valence-corrected chi connectivity index (χ3v) is 6.33. The minimum absolute atomic E-state index is 0.0821. The summed E-state index contributed by atoms with van der Waals surface area (Å²) in [4.78, 5) is 12.9. The number of sulfonamides is 1. The Balaban J connectivity index is 1.94. The number of nitrogens with one attached hydrogen (secondary N) is 1. The van der Waals surface area contributed by atoms with Gasteiger partial charge in [0.2, 0.25) is 0 Å². The summed E-state index contributed by atoms with van der Waals surface area (Å²) in [6.45, 7) is 5.67. The molecule has 0 saturated heterocycles. The third-order valence-electron chi connectivity index (χ3n) is 4.93. The minimum Gasteiger partial charge on any atom is -0.392 e. The molecule has 1 heterocycles. The van der Waals surface area contributed by atoms with E-state index in [2.05, 4.69) is 4.72 Å². The molecule has 0 bridgehead atoms. The number of benzene rings is 2. The molecule has 8 heteroatoms. The molecule has 7 nitrogen and oxygen atoms in total. The maximum atomic E-state index is 12.8. The second-order valence-corrected chi connectivity index (χ2v) is 8.93. The highest BCUT2D eigenvalue weighted by Gasteiger charge is 2.19. The number of aliphatic hydroxyl groups is 1. The highest BCUT2D eigenvalue weighted by atomic mass is 32.2. The standard InChI is InChI=1S/C21H25N3O4S/c1-14(2)20-15(3)23(4)24(21(20)26)18-8-10-19(11-9-18)29(27,28)22-17-7-5-6-16(12-17)13-25/h5-12,14,22,25H,13H2,1-4H3. The van der Waals surface area contributed by atoms with Crippen LogP contribution in [0, 0.1) is 6.92 Å². The predicted octanol–water partition coefficient (Wildman–Crippen LogP) is 2.90. The first-order valence-corrected chi connectivity index (χ1v) is 10.8. The van der Waals surface area contributed by atoms with Crippen molar-refractivity contribution in [2.45, 2.75) is 38.2 Å². The van der Waals surface area contributed by atoms with E-state index in [0.717, 1.165) is 11.3 Å². The number of aliphatic hydroxyl groups excluding tert-OH is 1. The van der Waals surface area contributed by atoms with Crippen LogP contribution in [0.15, 0.2) is 58.2 Å². The van der Waals surface area contributed by atoms with Crippen LogP contribution >= 0.6 is 0 Å². The molecule has 0 radical (unpaired) electrons. The quantitative estimate of drug-likeness (QED) is 0.647. The Labute approximate surface area is 170 Å². The first-order valence-electron chi connectivity index (χ1n) is 9.27. The van der Waals surface area contributed by atoms with Crippen LogP contribution in [0.2, 0.25) is 0 Å². The fourth-order valence-corrected chi connectivity index (χ4v) is 4.45. The summed E-state index contributed by atoms with van der Waals surface area (Å²) < 4.78 is 31.2. The maximum absolute atomic E-state index is 12.8. The summed E-state index contributed by atoms with van der Waals surface area (Å²) in [5, 5.41) is 9.21. The van der Waals surface area contributed by atoms with E-state index in [4.69, 9.17) is 0 Å². The number of rotatable bonds is 6. The summed E-state index contributed by atoms with van der Waals surface area (Å²) >= 11 is 0. The average molecular weight is 416 g/mol. The number of nitrogens with zero attached hydrogens (tertiary/aromatic N) is 2. The number of hydrogen-bond acceptors (Lipinski definition) is 4. The first-order chi connectivity index (χ1) is 13.7. The zero-order chi connectivity index (χ0) is 21.3. The van der Waals surface area contributed by atoms with Crippen molar-refractivity contribution in [2.75, 3.05) is 4.72 Å². The molecule has 0 amide bonds. The topological polar surface area (TPSA) is 93.3 Å². The minimum atomic E-state index is -3.80. The van der Waals surface area contributed by atoms with Gasteiger partial charge in [0.05, 0.1) is 17.2 Å². The molecule has 154 valence electrons. The van der Waals surface area contributed by atoms with Gasteiger partial charge in [-0.2, -0.15) is 0 Å². The van der Waals surface area contributed by atoms with Gasteiger partial charge in [0.25, 0.3) is 15.6 Å². The van der Waals surface area contributed by atoms with Crippen LogP contribution in [-0.2, 0) is 23.7 Å². The van der Waals surface area contributed by atoms with E-state index in [1.54, 1.807) is 45.8 Å². The largest absolute Gasteiger partial charge is 0.392 e. The average Bonchev–Trinajstić information content (AvgIpc) is 2.90. The fraction of sp³-hybridized carbons (Fsp3) is 0.286. The Morgan fingerprint density at radius 3 is 2.31 bits per heavy atom. The Morgan fingerprint density at radius 2 is 1.76 bits per heavy atom. The SMILES string of the molecule is Cc1c(C(C)C)c(=O)n(-c2ccc(S(=O)(=O)Nc3cccc(CO)c3)cc2)n1C. The van der Waals surface area contributed by atoms with Gasteiger partial charge in [-0.05, 0) is 54.8 Å². The molecule has 0 spiro atoms. The van der Waals surface area contributed by atoms with Crippen molar-refractivity contribution < 1.29 is 13.5 Å².